The maximum absolute atomic E-state index is 13.9. The zero-order valence-electron chi connectivity index (χ0n) is 15.1. The van der Waals surface area contributed by atoms with E-state index in [2.05, 4.69) is 22.2 Å². The second-order valence-electron chi connectivity index (χ2n) is 7.18. The van der Waals surface area contributed by atoms with Gasteiger partial charge in [0.05, 0.1) is 5.56 Å². The molecule has 4 rings (SSSR count). The van der Waals surface area contributed by atoms with Crippen LogP contribution in [-0.4, -0.2) is 48.9 Å². The van der Waals surface area contributed by atoms with Crippen LogP contribution in [0.15, 0.2) is 24.3 Å². The third kappa shape index (κ3) is 3.54. The van der Waals surface area contributed by atoms with Gasteiger partial charge >= 0.3 is 0 Å². The number of piperazine rings is 1. The number of anilines is 1. The number of amides is 1. The number of hydrogen-bond acceptors (Lipinski definition) is 4. The van der Waals surface area contributed by atoms with Gasteiger partial charge in [-0.1, -0.05) is 12.1 Å². The smallest absolute Gasteiger partial charge is 0.259 e. The van der Waals surface area contributed by atoms with Gasteiger partial charge in [-0.3, -0.25) is 9.69 Å². The van der Waals surface area contributed by atoms with E-state index in [1.807, 2.05) is 0 Å². The molecule has 0 atom stereocenters. The molecule has 0 saturated carbocycles. The molecular formula is C20H24FN3OS. The van der Waals surface area contributed by atoms with Gasteiger partial charge in [0.15, 0.2) is 0 Å². The molecule has 2 heterocycles. The highest BCUT2D eigenvalue weighted by atomic mass is 32.1. The SMILES string of the molecule is CN1CCN(Cc2c(NC(=O)c3ccccc3F)sc3c2CCC3)CC1. The Labute approximate surface area is 157 Å². The van der Waals surface area contributed by atoms with Crippen LogP contribution >= 0.6 is 11.3 Å². The van der Waals surface area contributed by atoms with Crippen molar-refractivity contribution in [3.63, 3.8) is 0 Å². The number of benzene rings is 1. The summed E-state index contributed by atoms with van der Waals surface area (Å²) in [6.07, 6.45) is 3.37. The largest absolute Gasteiger partial charge is 0.313 e. The Bertz CT molecular complexity index is 811. The maximum Gasteiger partial charge on any atom is 0.259 e. The summed E-state index contributed by atoms with van der Waals surface area (Å²) in [6, 6.07) is 6.16. The summed E-state index contributed by atoms with van der Waals surface area (Å²) in [5, 5.41) is 3.90. The molecule has 6 heteroatoms. The molecule has 1 amide bonds. The highest BCUT2D eigenvalue weighted by Gasteiger charge is 2.26. The van der Waals surface area contributed by atoms with E-state index in [0.717, 1.165) is 50.6 Å². The van der Waals surface area contributed by atoms with E-state index < -0.39 is 5.82 Å². The summed E-state index contributed by atoms with van der Waals surface area (Å²) in [7, 11) is 2.15. The van der Waals surface area contributed by atoms with Crippen LogP contribution in [0.1, 0.15) is 32.8 Å². The first-order valence-corrected chi connectivity index (χ1v) is 10.0. The minimum atomic E-state index is -0.477. The molecule has 26 heavy (non-hydrogen) atoms. The number of thiophene rings is 1. The number of carbonyl (C=O) groups excluding carboxylic acids is 1. The molecule has 0 radical (unpaired) electrons. The normalized spacial score (nSPS) is 18.1. The van der Waals surface area contributed by atoms with Crippen LogP contribution in [0.5, 0.6) is 0 Å². The second kappa shape index (κ2) is 7.47. The van der Waals surface area contributed by atoms with Crippen molar-refractivity contribution >= 4 is 22.2 Å². The highest BCUT2D eigenvalue weighted by molar-refractivity contribution is 7.16. The third-order valence-corrected chi connectivity index (χ3v) is 6.60. The van der Waals surface area contributed by atoms with Crippen LogP contribution in [0, 0.1) is 5.82 Å². The van der Waals surface area contributed by atoms with E-state index in [4.69, 9.17) is 0 Å². The Morgan fingerprint density at radius 2 is 1.96 bits per heavy atom. The fraction of sp³-hybridized carbons (Fsp3) is 0.450. The molecule has 1 aromatic heterocycles. The fourth-order valence-corrected chi connectivity index (χ4v) is 5.08. The van der Waals surface area contributed by atoms with E-state index in [-0.39, 0.29) is 11.5 Å². The number of aryl methyl sites for hydroxylation is 1. The van der Waals surface area contributed by atoms with E-state index in [1.54, 1.807) is 23.5 Å². The predicted molar refractivity (Wildman–Crippen MR) is 103 cm³/mol. The Hall–Kier alpha value is -1.76. The number of likely N-dealkylation sites (N-methyl/N-ethyl adjacent to an activating group) is 1. The summed E-state index contributed by atoms with van der Waals surface area (Å²) in [4.78, 5) is 18.8. The van der Waals surface area contributed by atoms with E-state index in [0.29, 0.717) is 0 Å². The zero-order chi connectivity index (χ0) is 18.1. The Kier molecular flexibility index (Phi) is 5.07. The van der Waals surface area contributed by atoms with Crippen molar-refractivity contribution in [3.05, 3.63) is 51.7 Å². The van der Waals surface area contributed by atoms with Crippen molar-refractivity contribution in [2.45, 2.75) is 25.8 Å². The van der Waals surface area contributed by atoms with E-state index >= 15 is 0 Å². The van der Waals surface area contributed by atoms with E-state index in [9.17, 15) is 9.18 Å². The van der Waals surface area contributed by atoms with Gasteiger partial charge in [-0.2, -0.15) is 0 Å². The average Bonchev–Trinajstić information content (AvgIpc) is 3.20. The topological polar surface area (TPSA) is 35.6 Å². The van der Waals surface area contributed by atoms with Crippen molar-refractivity contribution in [1.29, 1.82) is 0 Å². The van der Waals surface area contributed by atoms with Gasteiger partial charge in [-0.05, 0) is 44.0 Å². The van der Waals surface area contributed by atoms with Crippen LogP contribution in [0.4, 0.5) is 9.39 Å². The Morgan fingerprint density at radius 1 is 1.19 bits per heavy atom. The molecule has 0 spiro atoms. The van der Waals surface area contributed by atoms with Gasteiger partial charge in [0.1, 0.15) is 10.8 Å². The fourth-order valence-electron chi connectivity index (χ4n) is 3.78. The van der Waals surface area contributed by atoms with Crippen molar-refractivity contribution < 1.29 is 9.18 Å². The van der Waals surface area contributed by atoms with Crippen LogP contribution < -0.4 is 5.32 Å². The van der Waals surface area contributed by atoms with E-state index in [1.165, 1.54) is 34.6 Å². The standard InChI is InChI=1S/C20H24FN3OS/c1-23-9-11-24(12-10-23)13-16-14-6-4-8-18(14)26-20(16)22-19(25)15-5-2-3-7-17(15)21/h2-3,5,7H,4,6,8-13H2,1H3,(H,22,25). The lowest BCUT2D eigenvalue weighted by atomic mass is 10.1. The zero-order valence-corrected chi connectivity index (χ0v) is 15.9. The Balaban J connectivity index is 1.56. The number of hydrogen-bond donors (Lipinski definition) is 1. The molecule has 2 aromatic rings. The first kappa shape index (κ1) is 17.6. The molecule has 1 aliphatic carbocycles. The van der Waals surface area contributed by atoms with Gasteiger partial charge in [0.25, 0.3) is 5.91 Å². The van der Waals surface area contributed by atoms with Gasteiger partial charge in [0.2, 0.25) is 0 Å². The first-order chi connectivity index (χ1) is 12.6. The molecule has 1 aliphatic heterocycles. The number of nitrogens with one attached hydrogen (secondary N) is 1. The number of halogens is 1. The molecule has 1 fully saturated rings. The van der Waals surface area contributed by atoms with Gasteiger partial charge < -0.3 is 10.2 Å². The third-order valence-electron chi connectivity index (χ3n) is 5.35. The number of fused-ring (bicyclic) bond motifs is 1. The van der Waals surface area contributed by atoms with Crippen molar-refractivity contribution in [3.8, 4) is 0 Å². The van der Waals surface area contributed by atoms with Gasteiger partial charge in [0, 0.05) is 43.2 Å². The summed E-state index contributed by atoms with van der Waals surface area (Å²) >= 11 is 1.68. The van der Waals surface area contributed by atoms with Crippen LogP contribution in [0.2, 0.25) is 0 Å². The Morgan fingerprint density at radius 3 is 2.73 bits per heavy atom. The maximum atomic E-state index is 13.9. The molecule has 1 saturated heterocycles. The molecule has 1 N–H and O–H groups in total. The summed E-state index contributed by atoms with van der Waals surface area (Å²) in [6.45, 7) is 5.10. The number of carbonyl (C=O) groups is 1. The molecule has 0 bridgehead atoms. The van der Waals surface area contributed by atoms with Crippen molar-refractivity contribution in [2.75, 3.05) is 38.5 Å². The average molecular weight is 373 g/mol. The van der Waals surface area contributed by atoms with Crippen LogP contribution in [0.3, 0.4) is 0 Å². The summed E-state index contributed by atoms with van der Waals surface area (Å²) < 4.78 is 13.9. The lowest BCUT2D eigenvalue weighted by molar-refractivity contribution is 0.102. The van der Waals surface area contributed by atoms with Gasteiger partial charge in [-0.25, -0.2) is 4.39 Å². The monoisotopic (exact) mass is 373 g/mol. The van der Waals surface area contributed by atoms with Crippen LogP contribution in [-0.2, 0) is 19.4 Å². The molecule has 1 aromatic carbocycles. The van der Waals surface area contributed by atoms with Crippen LogP contribution in [0.25, 0.3) is 0 Å². The summed E-state index contributed by atoms with van der Waals surface area (Å²) in [5.41, 5.74) is 2.76. The minimum Gasteiger partial charge on any atom is -0.313 e. The molecule has 2 aliphatic rings. The molecular weight excluding hydrogens is 349 g/mol. The lowest BCUT2D eigenvalue weighted by Crippen LogP contribution is -2.44. The highest BCUT2D eigenvalue weighted by Crippen LogP contribution is 2.40. The lowest BCUT2D eigenvalue weighted by Gasteiger charge is -2.32. The first-order valence-electron chi connectivity index (χ1n) is 9.22. The minimum absolute atomic E-state index is 0.103. The van der Waals surface area contributed by atoms with Crippen molar-refractivity contribution in [2.24, 2.45) is 0 Å². The predicted octanol–water partition coefficient (Wildman–Crippen LogP) is 3.38. The number of rotatable bonds is 4. The molecule has 4 nitrogen and oxygen atoms in total. The quantitative estimate of drug-likeness (QED) is 0.893. The second-order valence-corrected chi connectivity index (χ2v) is 8.28. The van der Waals surface area contributed by atoms with Gasteiger partial charge in [-0.15, -0.1) is 11.3 Å². The summed E-state index contributed by atoms with van der Waals surface area (Å²) in [5.74, 6) is -0.836. The van der Waals surface area contributed by atoms with Crippen molar-refractivity contribution in [1.82, 2.24) is 9.80 Å². The molecule has 138 valence electrons. The molecule has 0 unspecified atom stereocenters. The number of nitrogens with zero attached hydrogens (tertiary/aromatic N) is 2.